The summed E-state index contributed by atoms with van der Waals surface area (Å²) in [5, 5.41) is 8.77. The minimum Gasteiger partial charge on any atom is -0.339 e. The van der Waals surface area contributed by atoms with Crippen molar-refractivity contribution in [1.29, 1.82) is 5.26 Å². The Morgan fingerprint density at radius 3 is 2.85 bits per heavy atom. The summed E-state index contributed by atoms with van der Waals surface area (Å²) in [6, 6.07) is 5.84. The van der Waals surface area contributed by atoms with Gasteiger partial charge in [0.1, 0.15) is 11.8 Å². The highest BCUT2D eigenvalue weighted by molar-refractivity contribution is 5.22. The maximum Gasteiger partial charge on any atom is 0.120 e. The number of nitriles is 1. The summed E-state index contributed by atoms with van der Waals surface area (Å²) >= 11 is 0. The molecule has 0 saturated heterocycles. The van der Waals surface area contributed by atoms with Crippen molar-refractivity contribution in [2.75, 3.05) is 6.54 Å². The zero-order valence-electron chi connectivity index (χ0n) is 8.12. The first kappa shape index (κ1) is 9.82. The summed E-state index contributed by atoms with van der Waals surface area (Å²) in [7, 11) is 0. The van der Waals surface area contributed by atoms with Gasteiger partial charge < -0.3 is 10.3 Å². The topological polar surface area (TPSA) is 54.7 Å². The lowest BCUT2D eigenvalue weighted by atomic mass is 9.94. The minimum atomic E-state index is 0.0462. The van der Waals surface area contributed by atoms with E-state index in [9.17, 15) is 0 Å². The Hall–Kier alpha value is -1.27. The van der Waals surface area contributed by atoms with E-state index in [1.165, 1.54) is 0 Å². The predicted molar refractivity (Wildman–Crippen MR) is 52.0 cm³/mol. The first-order valence-corrected chi connectivity index (χ1v) is 4.34. The highest BCUT2D eigenvalue weighted by Crippen LogP contribution is 2.17. The van der Waals surface area contributed by atoms with E-state index in [0.717, 1.165) is 6.54 Å². The van der Waals surface area contributed by atoms with E-state index in [2.05, 4.69) is 19.9 Å². The number of nitrogens with zero attached hydrogens (tertiary/aromatic N) is 2. The first-order chi connectivity index (χ1) is 6.09. The Kier molecular flexibility index (Phi) is 2.74. The van der Waals surface area contributed by atoms with Crippen molar-refractivity contribution >= 4 is 0 Å². The SMILES string of the molecule is CC(C)(CN)Cn1cccc1C#N. The molecule has 0 amide bonds. The predicted octanol–water partition coefficient (Wildman–Crippen LogP) is 1.34. The summed E-state index contributed by atoms with van der Waals surface area (Å²) in [5.41, 5.74) is 6.36. The summed E-state index contributed by atoms with van der Waals surface area (Å²) in [6.45, 7) is 5.59. The Labute approximate surface area is 78.8 Å². The van der Waals surface area contributed by atoms with Gasteiger partial charge in [-0.15, -0.1) is 0 Å². The van der Waals surface area contributed by atoms with Crippen LogP contribution in [-0.4, -0.2) is 11.1 Å². The molecule has 1 aromatic rings. The Bertz CT molecular complexity index is 317. The number of rotatable bonds is 3. The van der Waals surface area contributed by atoms with Crippen molar-refractivity contribution in [2.24, 2.45) is 11.1 Å². The van der Waals surface area contributed by atoms with Crippen LogP contribution in [0.15, 0.2) is 18.3 Å². The van der Waals surface area contributed by atoms with E-state index in [1.807, 2.05) is 22.9 Å². The maximum atomic E-state index is 8.77. The molecule has 1 heterocycles. The minimum absolute atomic E-state index is 0.0462. The van der Waals surface area contributed by atoms with Gasteiger partial charge in [-0.3, -0.25) is 0 Å². The summed E-state index contributed by atoms with van der Waals surface area (Å²) < 4.78 is 1.94. The highest BCUT2D eigenvalue weighted by Gasteiger charge is 2.16. The van der Waals surface area contributed by atoms with Crippen molar-refractivity contribution in [3.05, 3.63) is 24.0 Å². The van der Waals surface area contributed by atoms with Crippen molar-refractivity contribution < 1.29 is 0 Å². The van der Waals surface area contributed by atoms with Crippen LogP contribution in [0, 0.1) is 16.7 Å². The fourth-order valence-corrected chi connectivity index (χ4v) is 1.18. The third-order valence-corrected chi connectivity index (χ3v) is 2.10. The van der Waals surface area contributed by atoms with Gasteiger partial charge in [0.25, 0.3) is 0 Å². The largest absolute Gasteiger partial charge is 0.339 e. The number of aromatic nitrogens is 1. The molecule has 0 bridgehead atoms. The Morgan fingerprint density at radius 2 is 2.31 bits per heavy atom. The molecule has 0 aliphatic rings. The van der Waals surface area contributed by atoms with Gasteiger partial charge >= 0.3 is 0 Å². The Balaban J connectivity index is 2.81. The molecule has 1 rings (SSSR count). The third-order valence-electron chi connectivity index (χ3n) is 2.10. The standard InChI is InChI=1S/C10H15N3/c1-10(2,7-12)8-13-5-3-4-9(13)6-11/h3-5H,7-8,12H2,1-2H3. The summed E-state index contributed by atoms with van der Waals surface area (Å²) in [5.74, 6) is 0. The van der Waals surface area contributed by atoms with Crippen LogP contribution in [0.25, 0.3) is 0 Å². The van der Waals surface area contributed by atoms with Gasteiger partial charge in [0.15, 0.2) is 0 Å². The lowest BCUT2D eigenvalue weighted by molar-refractivity contribution is 0.317. The van der Waals surface area contributed by atoms with Crippen molar-refractivity contribution in [2.45, 2.75) is 20.4 Å². The molecule has 0 aliphatic carbocycles. The van der Waals surface area contributed by atoms with Crippen LogP contribution in [-0.2, 0) is 6.54 Å². The van der Waals surface area contributed by atoms with Gasteiger partial charge in [-0.25, -0.2) is 0 Å². The molecule has 0 unspecified atom stereocenters. The van der Waals surface area contributed by atoms with Crippen molar-refractivity contribution in [3.63, 3.8) is 0 Å². The van der Waals surface area contributed by atoms with Crippen LogP contribution in [0.3, 0.4) is 0 Å². The van der Waals surface area contributed by atoms with E-state index in [-0.39, 0.29) is 5.41 Å². The van der Waals surface area contributed by atoms with Crippen molar-refractivity contribution in [1.82, 2.24) is 4.57 Å². The molecule has 13 heavy (non-hydrogen) atoms. The molecule has 0 saturated carbocycles. The van der Waals surface area contributed by atoms with Gasteiger partial charge in [-0.05, 0) is 24.1 Å². The van der Waals surface area contributed by atoms with E-state index < -0.39 is 0 Å². The lowest BCUT2D eigenvalue weighted by Gasteiger charge is -2.23. The van der Waals surface area contributed by atoms with Gasteiger partial charge in [0, 0.05) is 12.7 Å². The van der Waals surface area contributed by atoms with E-state index in [0.29, 0.717) is 12.2 Å². The second-order valence-corrected chi connectivity index (χ2v) is 4.00. The van der Waals surface area contributed by atoms with E-state index in [1.54, 1.807) is 0 Å². The summed E-state index contributed by atoms with van der Waals surface area (Å²) in [4.78, 5) is 0. The monoisotopic (exact) mass is 177 g/mol. The molecular formula is C10H15N3. The highest BCUT2D eigenvalue weighted by atomic mass is 15.0. The fourth-order valence-electron chi connectivity index (χ4n) is 1.18. The molecule has 2 N–H and O–H groups in total. The average Bonchev–Trinajstić information content (AvgIpc) is 2.51. The van der Waals surface area contributed by atoms with Gasteiger partial charge in [0.2, 0.25) is 0 Å². The normalized spacial score (nSPS) is 11.2. The fraction of sp³-hybridized carbons (Fsp3) is 0.500. The molecule has 1 aromatic heterocycles. The zero-order valence-corrected chi connectivity index (χ0v) is 8.12. The third kappa shape index (κ3) is 2.33. The van der Waals surface area contributed by atoms with Crippen LogP contribution in [0.2, 0.25) is 0 Å². The average molecular weight is 177 g/mol. The van der Waals surface area contributed by atoms with Crippen LogP contribution in [0.4, 0.5) is 0 Å². The van der Waals surface area contributed by atoms with Crippen LogP contribution in [0.5, 0.6) is 0 Å². The van der Waals surface area contributed by atoms with Gasteiger partial charge in [0.05, 0.1) is 0 Å². The van der Waals surface area contributed by atoms with E-state index in [4.69, 9.17) is 11.0 Å². The Morgan fingerprint density at radius 1 is 1.62 bits per heavy atom. The second-order valence-electron chi connectivity index (χ2n) is 4.00. The molecular weight excluding hydrogens is 162 g/mol. The number of hydrogen-bond donors (Lipinski definition) is 1. The number of nitrogens with two attached hydrogens (primary N) is 1. The molecule has 70 valence electrons. The first-order valence-electron chi connectivity index (χ1n) is 4.34. The quantitative estimate of drug-likeness (QED) is 0.757. The van der Waals surface area contributed by atoms with Gasteiger partial charge in [-0.1, -0.05) is 13.8 Å². The van der Waals surface area contributed by atoms with Crippen LogP contribution >= 0.6 is 0 Å². The molecule has 0 spiro atoms. The molecule has 3 nitrogen and oxygen atoms in total. The lowest BCUT2D eigenvalue weighted by Crippen LogP contribution is -2.28. The molecule has 0 aromatic carbocycles. The molecule has 0 fully saturated rings. The van der Waals surface area contributed by atoms with Crippen LogP contribution in [0.1, 0.15) is 19.5 Å². The molecule has 0 atom stereocenters. The molecule has 3 heteroatoms. The second kappa shape index (κ2) is 3.63. The summed E-state index contributed by atoms with van der Waals surface area (Å²) in [6.07, 6.45) is 1.91. The molecule has 0 aliphatic heterocycles. The maximum absolute atomic E-state index is 8.77. The van der Waals surface area contributed by atoms with Gasteiger partial charge in [-0.2, -0.15) is 5.26 Å². The molecule has 0 radical (unpaired) electrons. The van der Waals surface area contributed by atoms with Crippen LogP contribution < -0.4 is 5.73 Å². The smallest absolute Gasteiger partial charge is 0.120 e. The van der Waals surface area contributed by atoms with Crippen molar-refractivity contribution in [3.8, 4) is 6.07 Å². The number of hydrogen-bond acceptors (Lipinski definition) is 2. The zero-order chi connectivity index (χ0) is 9.90. The van der Waals surface area contributed by atoms with E-state index >= 15 is 0 Å².